The molecule has 4 heteroatoms. The second-order valence-electron chi connectivity index (χ2n) is 2.83. The lowest BCUT2D eigenvalue weighted by atomic mass is 10.2. The predicted molar refractivity (Wildman–Crippen MR) is 46.9 cm³/mol. The minimum absolute atomic E-state index is 0.304. The van der Waals surface area contributed by atoms with E-state index >= 15 is 0 Å². The van der Waals surface area contributed by atoms with Crippen molar-refractivity contribution < 1.29 is 9.90 Å². The molecule has 2 heterocycles. The van der Waals surface area contributed by atoms with Crippen molar-refractivity contribution in [2.45, 2.75) is 6.92 Å². The van der Waals surface area contributed by atoms with Crippen molar-refractivity contribution in [3.05, 3.63) is 35.7 Å². The number of aromatic carboxylic acids is 1. The number of fused-ring (bicyclic) bond motifs is 1. The number of hydrogen-bond acceptors (Lipinski definition) is 2. The van der Waals surface area contributed by atoms with Gasteiger partial charge >= 0.3 is 5.97 Å². The van der Waals surface area contributed by atoms with Gasteiger partial charge in [0.2, 0.25) is 0 Å². The topological polar surface area (TPSA) is 54.6 Å². The minimum atomic E-state index is -0.914. The van der Waals surface area contributed by atoms with Crippen molar-refractivity contribution in [1.82, 2.24) is 9.61 Å². The Balaban J connectivity index is 2.81. The van der Waals surface area contributed by atoms with Gasteiger partial charge in [-0.15, -0.1) is 0 Å². The quantitative estimate of drug-likeness (QED) is 0.713. The average molecular weight is 176 g/mol. The third-order valence-corrected chi connectivity index (χ3v) is 2.05. The second kappa shape index (κ2) is 2.58. The summed E-state index contributed by atoms with van der Waals surface area (Å²) in [5.41, 5.74) is 1.89. The Hall–Kier alpha value is -1.84. The van der Waals surface area contributed by atoms with E-state index in [0.29, 0.717) is 5.56 Å². The molecule has 0 bridgehead atoms. The highest BCUT2D eigenvalue weighted by Gasteiger charge is 2.12. The van der Waals surface area contributed by atoms with Gasteiger partial charge in [-0.05, 0) is 24.6 Å². The largest absolute Gasteiger partial charge is 0.478 e. The summed E-state index contributed by atoms with van der Waals surface area (Å²) in [4.78, 5) is 10.8. The highest BCUT2D eigenvalue weighted by molar-refractivity contribution is 5.92. The molecule has 2 aromatic heterocycles. The molecule has 0 fully saturated rings. The zero-order chi connectivity index (χ0) is 9.42. The molecule has 66 valence electrons. The monoisotopic (exact) mass is 176 g/mol. The summed E-state index contributed by atoms with van der Waals surface area (Å²) in [6, 6.07) is 3.63. The van der Waals surface area contributed by atoms with Crippen molar-refractivity contribution in [3.8, 4) is 0 Å². The van der Waals surface area contributed by atoms with Crippen LogP contribution in [-0.2, 0) is 0 Å². The van der Waals surface area contributed by atoms with E-state index in [1.807, 2.05) is 6.07 Å². The van der Waals surface area contributed by atoms with E-state index in [2.05, 4.69) is 5.10 Å². The summed E-state index contributed by atoms with van der Waals surface area (Å²) in [6.45, 7) is 1.78. The molecule has 13 heavy (non-hydrogen) atoms. The summed E-state index contributed by atoms with van der Waals surface area (Å²) >= 11 is 0. The van der Waals surface area contributed by atoms with Crippen LogP contribution in [0.15, 0.2) is 24.5 Å². The molecule has 0 saturated carbocycles. The Labute approximate surface area is 74.4 Å². The van der Waals surface area contributed by atoms with Crippen LogP contribution < -0.4 is 0 Å². The summed E-state index contributed by atoms with van der Waals surface area (Å²) in [7, 11) is 0. The van der Waals surface area contributed by atoms with Crippen LogP contribution in [0.4, 0.5) is 0 Å². The SMILES string of the molecule is Cc1c(C(=O)O)cn2ncccc12. The first-order valence-electron chi connectivity index (χ1n) is 3.86. The first kappa shape index (κ1) is 7.79. The van der Waals surface area contributed by atoms with Crippen molar-refractivity contribution in [2.24, 2.45) is 0 Å². The first-order chi connectivity index (χ1) is 6.20. The molecular formula is C9H8N2O2. The highest BCUT2D eigenvalue weighted by Crippen LogP contribution is 2.15. The molecule has 2 aromatic rings. The van der Waals surface area contributed by atoms with Crippen LogP contribution in [0.2, 0.25) is 0 Å². The molecule has 0 aliphatic heterocycles. The standard InChI is InChI=1S/C9H8N2O2/c1-6-7(9(12)13)5-11-8(6)3-2-4-10-11/h2-5H,1H3,(H,12,13). The second-order valence-corrected chi connectivity index (χ2v) is 2.83. The van der Waals surface area contributed by atoms with Crippen LogP contribution in [0.3, 0.4) is 0 Å². The average Bonchev–Trinajstić information content (AvgIpc) is 2.45. The summed E-state index contributed by atoms with van der Waals surface area (Å²) in [6.07, 6.45) is 3.14. The number of carboxylic acids is 1. The summed E-state index contributed by atoms with van der Waals surface area (Å²) in [5, 5.41) is 12.8. The minimum Gasteiger partial charge on any atom is -0.478 e. The molecule has 2 rings (SSSR count). The molecule has 0 spiro atoms. The van der Waals surface area contributed by atoms with Gasteiger partial charge in [-0.25, -0.2) is 9.31 Å². The molecule has 0 amide bonds. The molecule has 4 nitrogen and oxygen atoms in total. The van der Waals surface area contributed by atoms with Crippen LogP contribution in [0.25, 0.3) is 5.52 Å². The normalized spacial score (nSPS) is 10.5. The van der Waals surface area contributed by atoms with E-state index in [9.17, 15) is 4.79 Å². The molecule has 0 aliphatic rings. The molecule has 1 N–H and O–H groups in total. The van der Waals surface area contributed by atoms with E-state index in [-0.39, 0.29) is 0 Å². The van der Waals surface area contributed by atoms with E-state index in [1.165, 1.54) is 6.20 Å². The van der Waals surface area contributed by atoms with Crippen molar-refractivity contribution >= 4 is 11.5 Å². The summed E-state index contributed by atoms with van der Waals surface area (Å²) in [5.74, 6) is -0.914. The van der Waals surface area contributed by atoms with E-state index in [1.54, 1.807) is 23.7 Å². The lowest BCUT2D eigenvalue weighted by Gasteiger charge is -1.91. The fraction of sp³-hybridized carbons (Fsp3) is 0.111. The fourth-order valence-corrected chi connectivity index (χ4v) is 1.36. The van der Waals surface area contributed by atoms with Crippen molar-refractivity contribution in [2.75, 3.05) is 0 Å². The number of nitrogens with zero attached hydrogens (tertiary/aromatic N) is 2. The van der Waals surface area contributed by atoms with E-state index < -0.39 is 5.97 Å². The van der Waals surface area contributed by atoms with Crippen LogP contribution in [0, 0.1) is 6.92 Å². The van der Waals surface area contributed by atoms with Gasteiger partial charge in [0.1, 0.15) is 0 Å². The fourth-order valence-electron chi connectivity index (χ4n) is 1.36. The Bertz CT molecular complexity index is 473. The molecule has 0 atom stereocenters. The molecule has 0 saturated heterocycles. The van der Waals surface area contributed by atoms with Gasteiger partial charge in [-0.3, -0.25) is 0 Å². The molecular weight excluding hydrogens is 168 g/mol. The Morgan fingerprint density at radius 3 is 3.00 bits per heavy atom. The lowest BCUT2D eigenvalue weighted by molar-refractivity contribution is 0.0696. The van der Waals surface area contributed by atoms with Crippen LogP contribution in [0.1, 0.15) is 15.9 Å². The Kier molecular flexibility index (Phi) is 1.55. The van der Waals surface area contributed by atoms with Crippen LogP contribution in [0.5, 0.6) is 0 Å². The van der Waals surface area contributed by atoms with Gasteiger partial charge in [0.15, 0.2) is 0 Å². The number of carbonyl (C=O) groups is 1. The van der Waals surface area contributed by atoms with Gasteiger partial charge < -0.3 is 5.11 Å². The van der Waals surface area contributed by atoms with E-state index in [4.69, 9.17) is 5.11 Å². The Morgan fingerprint density at radius 2 is 2.38 bits per heavy atom. The summed E-state index contributed by atoms with van der Waals surface area (Å²) < 4.78 is 1.57. The van der Waals surface area contributed by atoms with Gasteiger partial charge in [-0.1, -0.05) is 0 Å². The molecule has 0 radical (unpaired) electrons. The number of hydrogen-bond donors (Lipinski definition) is 1. The molecule has 0 aromatic carbocycles. The number of aryl methyl sites for hydroxylation is 1. The van der Waals surface area contributed by atoms with Crippen molar-refractivity contribution in [3.63, 3.8) is 0 Å². The predicted octanol–water partition coefficient (Wildman–Crippen LogP) is 1.34. The lowest BCUT2D eigenvalue weighted by Crippen LogP contribution is -1.95. The van der Waals surface area contributed by atoms with Crippen molar-refractivity contribution in [1.29, 1.82) is 0 Å². The number of rotatable bonds is 1. The first-order valence-corrected chi connectivity index (χ1v) is 3.86. The van der Waals surface area contributed by atoms with Crippen LogP contribution in [-0.4, -0.2) is 20.7 Å². The van der Waals surface area contributed by atoms with Crippen LogP contribution >= 0.6 is 0 Å². The zero-order valence-corrected chi connectivity index (χ0v) is 7.06. The van der Waals surface area contributed by atoms with Gasteiger partial charge in [0.25, 0.3) is 0 Å². The maximum atomic E-state index is 10.8. The van der Waals surface area contributed by atoms with Gasteiger partial charge in [0, 0.05) is 12.4 Å². The van der Waals surface area contributed by atoms with Gasteiger partial charge in [-0.2, -0.15) is 5.10 Å². The van der Waals surface area contributed by atoms with E-state index in [0.717, 1.165) is 11.1 Å². The third kappa shape index (κ3) is 1.07. The zero-order valence-electron chi connectivity index (χ0n) is 7.06. The number of carboxylic acid groups (broad SMARTS) is 1. The maximum Gasteiger partial charge on any atom is 0.337 e. The molecule has 0 aliphatic carbocycles. The van der Waals surface area contributed by atoms with Gasteiger partial charge in [0.05, 0.1) is 11.1 Å². The smallest absolute Gasteiger partial charge is 0.337 e. The molecule has 0 unspecified atom stereocenters. The maximum absolute atomic E-state index is 10.8. The Morgan fingerprint density at radius 1 is 1.62 bits per heavy atom. The third-order valence-electron chi connectivity index (χ3n) is 2.05. The number of aromatic nitrogens is 2. The highest BCUT2D eigenvalue weighted by atomic mass is 16.4.